The molecule has 0 aromatic carbocycles. The molecule has 0 radical (unpaired) electrons. The summed E-state index contributed by atoms with van der Waals surface area (Å²) in [5, 5.41) is 0. The second kappa shape index (κ2) is 8.20. The number of fused-ring (bicyclic) bond motifs is 5. The number of ketones is 1. The number of Topliss-reactive ketones (excluding diaryl/α,β-unsaturated/α-hetero) is 1. The molecule has 0 heterocycles. The minimum Gasteiger partial charge on any atom is -0.378 e. The zero-order chi connectivity index (χ0) is 19.8. The Morgan fingerprint density at radius 1 is 0.964 bits per heavy atom. The van der Waals surface area contributed by atoms with Gasteiger partial charge in [0, 0.05) is 25.9 Å². The van der Waals surface area contributed by atoms with Crippen molar-refractivity contribution in [3.05, 3.63) is 0 Å². The van der Waals surface area contributed by atoms with Gasteiger partial charge in [-0.15, -0.1) is 0 Å². The quantitative estimate of drug-likeness (QED) is 0.412. The lowest BCUT2D eigenvalue weighted by Crippen LogP contribution is -2.54. The van der Waals surface area contributed by atoms with Crippen LogP contribution in [-0.4, -0.2) is 24.8 Å². The van der Waals surface area contributed by atoms with Crippen molar-refractivity contribution in [2.75, 3.05) is 6.61 Å². The highest BCUT2D eigenvalue weighted by molar-refractivity contribution is 5.79. The van der Waals surface area contributed by atoms with Gasteiger partial charge in [-0.3, -0.25) is 4.79 Å². The second-order valence-electron chi connectivity index (χ2n) is 10.9. The molecule has 4 aliphatic rings. The summed E-state index contributed by atoms with van der Waals surface area (Å²) in [6.45, 7) is 5.92. The predicted octanol–water partition coefficient (Wildman–Crippen LogP) is 5.74. The Labute approximate surface area is 171 Å². The maximum atomic E-state index is 12.0. The summed E-state index contributed by atoms with van der Waals surface area (Å²) in [4.78, 5) is 22.5. The van der Waals surface area contributed by atoms with E-state index in [4.69, 9.17) is 4.74 Å². The van der Waals surface area contributed by atoms with Crippen molar-refractivity contribution in [2.45, 2.75) is 103 Å². The van der Waals surface area contributed by atoms with E-state index >= 15 is 0 Å². The first-order valence-corrected chi connectivity index (χ1v) is 12.1. The van der Waals surface area contributed by atoms with Gasteiger partial charge in [-0.05, 0) is 92.3 Å². The molecule has 0 N–H and O–H groups in total. The van der Waals surface area contributed by atoms with Crippen LogP contribution in [0.4, 0.5) is 0 Å². The van der Waals surface area contributed by atoms with Crippen molar-refractivity contribution < 1.29 is 14.3 Å². The first-order valence-electron chi connectivity index (χ1n) is 12.1. The molecule has 28 heavy (non-hydrogen) atoms. The summed E-state index contributed by atoms with van der Waals surface area (Å²) in [6, 6.07) is 0. The van der Waals surface area contributed by atoms with Crippen LogP contribution in [0.15, 0.2) is 0 Å². The van der Waals surface area contributed by atoms with Crippen LogP contribution >= 0.6 is 0 Å². The summed E-state index contributed by atoms with van der Waals surface area (Å²) in [7, 11) is 0. The molecule has 0 saturated heterocycles. The van der Waals surface area contributed by atoms with Gasteiger partial charge in [0.15, 0.2) is 0 Å². The molecule has 0 amide bonds. The summed E-state index contributed by atoms with van der Waals surface area (Å²) in [5.74, 6) is 3.68. The largest absolute Gasteiger partial charge is 0.378 e. The Morgan fingerprint density at radius 3 is 2.61 bits per heavy atom. The Balaban J connectivity index is 1.38. The van der Waals surface area contributed by atoms with Crippen molar-refractivity contribution >= 4 is 12.1 Å². The number of hydrogen-bond acceptors (Lipinski definition) is 3. The first kappa shape index (κ1) is 20.6. The van der Waals surface area contributed by atoms with Gasteiger partial charge in [-0.1, -0.05) is 20.3 Å². The van der Waals surface area contributed by atoms with E-state index in [0.717, 1.165) is 69.2 Å². The van der Waals surface area contributed by atoms with Crippen LogP contribution in [0.1, 0.15) is 97.3 Å². The molecule has 0 bridgehead atoms. The van der Waals surface area contributed by atoms with E-state index in [9.17, 15) is 9.59 Å². The molecular formula is C25H40O3. The van der Waals surface area contributed by atoms with Crippen molar-refractivity contribution in [1.29, 1.82) is 0 Å². The van der Waals surface area contributed by atoms with Crippen molar-refractivity contribution in [3.63, 3.8) is 0 Å². The third-order valence-corrected chi connectivity index (χ3v) is 9.68. The van der Waals surface area contributed by atoms with Gasteiger partial charge in [-0.25, -0.2) is 0 Å². The van der Waals surface area contributed by atoms with Gasteiger partial charge in [-0.2, -0.15) is 0 Å². The molecular weight excluding hydrogens is 348 g/mol. The molecule has 158 valence electrons. The van der Waals surface area contributed by atoms with Gasteiger partial charge in [0.05, 0.1) is 6.10 Å². The molecule has 0 aromatic rings. The van der Waals surface area contributed by atoms with Gasteiger partial charge < -0.3 is 9.53 Å². The number of rotatable bonds is 7. The average molecular weight is 389 g/mol. The topological polar surface area (TPSA) is 43.4 Å². The number of carbonyl (C=O) groups excluding carboxylic acids is 2. The number of aldehydes is 1. The van der Waals surface area contributed by atoms with Gasteiger partial charge >= 0.3 is 0 Å². The number of unbranched alkanes of at least 4 members (excludes halogenated alkanes) is 3. The van der Waals surface area contributed by atoms with Crippen LogP contribution in [0, 0.1) is 34.5 Å². The van der Waals surface area contributed by atoms with Gasteiger partial charge in [0.1, 0.15) is 12.1 Å². The fourth-order valence-corrected chi connectivity index (χ4v) is 8.00. The van der Waals surface area contributed by atoms with E-state index in [0.29, 0.717) is 35.1 Å². The predicted molar refractivity (Wildman–Crippen MR) is 111 cm³/mol. The smallest absolute Gasteiger partial charge is 0.133 e. The molecule has 4 saturated carbocycles. The van der Waals surface area contributed by atoms with Gasteiger partial charge in [0.25, 0.3) is 0 Å². The lowest BCUT2D eigenvalue weighted by atomic mass is 9.45. The molecule has 3 heteroatoms. The second-order valence-corrected chi connectivity index (χ2v) is 10.9. The van der Waals surface area contributed by atoms with Crippen LogP contribution in [0.5, 0.6) is 0 Å². The lowest BCUT2D eigenvalue weighted by molar-refractivity contribution is -0.145. The number of carbonyl (C=O) groups is 2. The molecule has 4 fully saturated rings. The van der Waals surface area contributed by atoms with Crippen LogP contribution < -0.4 is 0 Å². The maximum absolute atomic E-state index is 12.0. The van der Waals surface area contributed by atoms with Crippen molar-refractivity contribution in [3.8, 4) is 0 Å². The van der Waals surface area contributed by atoms with E-state index in [1.165, 1.54) is 38.5 Å². The monoisotopic (exact) mass is 388 g/mol. The summed E-state index contributed by atoms with van der Waals surface area (Å²) in [6.07, 6.45) is 16.0. The number of ether oxygens (including phenoxy) is 1. The Kier molecular flexibility index (Phi) is 6.03. The minimum atomic E-state index is 0.359. The summed E-state index contributed by atoms with van der Waals surface area (Å²) < 4.78 is 6.45. The van der Waals surface area contributed by atoms with E-state index in [-0.39, 0.29) is 0 Å². The van der Waals surface area contributed by atoms with Crippen molar-refractivity contribution in [1.82, 2.24) is 0 Å². The van der Waals surface area contributed by atoms with E-state index < -0.39 is 0 Å². The zero-order valence-corrected chi connectivity index (χ0v) is 18.1. The van der Waals surface area contributed by atoms with Crippen LogP contribution in [0.2, 0.25) is 0 Å². The Morgan fingerprint density at radius 2 is 1.79 bits per heavy atom. The maximum Gasteiger partial charge on any atom is 0.133 e. The highest BCUT2D eigenvalue weighted by Gasteiger charge is 2.60. The van der Waals surface area contributed by atoms with E-state index in [2.05, 4.69) is 13.8 Å². The fourth-order valence-electron chi connectivity index (χ4n) is 8.00. The summed E-state index contributed by atoms with van der Waals surface area (Å²) in [5.41, 5.74) is 0.771. The normalized spacial score (nSPS) is 45.2. The molecule has 0 unspecified atom stereocenters. The molecule has 4 aliphatic carbocycles. The zero-order valence-electron chi connectivity index (χ0n) is 18.1. The van der Waals surface area contributed by atoms with Crippen LogP contribution in [0.25, 0.3) is 0 Å². The Hall–Kier alpha value is -0.700. The molecule has 7 atom stereocenters. The SMILES string of the molecule is C[C@]12CCC(=O)C[C@@H]1CC[C@@H]1[C@@H]2CC[C@]2(C)[C@@H](OCCCCCC=O)CC[C@@H]12. The third kappa shape index (κ3) is 3.50. The molecule has 0 aliphatic heterocycles. The molecule has 3 nitrogen and oxygen atoms in total. The lowest BCUT2D eigenvalue weighted by Gasteiger charge is -2.60. The van der Waals surface area contributed by atoms with E-state index in [1.54, 1.807) is 0 Å². The highest BCUT2D eigenvalue weighted by atomic mass is 16.5. The molecule has 0 aromatic heterocycles. The number of hydrogen-bond donors (Lipinski definition) is 0. The van der Waals surface area contributed by atoms with Gasteiger partial charge in [0.2, 0.25) is 0 Å². The first-order chi connectivity index (χ1) is 13.5. The van der Waals surface area contributed by atoms with Crippen molar-refractivity contribution in [2.24, 2.45) is 34.5 Å². The molecule has 4 rings (SSSR count). The van der Waals surface area contributed by atoms with Crippen LogP contribution in [0.3, 0.4) is 0 Å². The third-order valence-electron chi connectivity index (χ3n) is 9.68. The van der Waals surface area contributed by atoms with Crippen LogP contribution in [-0.2, 0) is 14.3 Å². The van der Waals surface area contributed by atoms with E-state index in [1.807, 2.05) is 0 Å². The Bertz CT molecular complexity index is 586. The standard InChI is InChI=1S/C25H40O3/c1-24-13-11-19(27)17-18(24)7-8-20-21-9-10-23(25(21,2)14-12-22(20)24)28-16-6-4-3-5-15-26/h15,18,20-23H,3-14,16-17H2,1-2H3/t18-,20-,21-,22-,23-,24-,25-/m0/s1. The summed E-state index contributed by atoms with van der Waals surface area (Å²) >= 11 is 0. The molecule has 0 spiro atoms. The average Bonchev–Trinajstić information content (AvgIpc) is 3.01. The highest BCUT2D eigenvalue weighted by Crippen LogP contribution is 2.66. The minimum absolute atomic E-state index is 0.359. The fraction of sp³-hybridized carbons (Fsp3) is 0.920.